The smallest absolute Gasteiger partial charge is 0.410 e. The van der Waals surface area contributed by atoms with E-state index in [1.54, 1.807) is 16.8 Å². The summed E-state index contributed by atoms with van der Waals surface area (Å²) in [5.74, 6) is -0.322. The number of fused-ring (bicyclic) bond motifs is 7. The number of sulfonamides is 1. The molecule has 0 aromatic heterocycles. The Morgan fingerprint density at radius 2 is 1.81 bits per heavy atom. The Morgan fingerprint density at radius 1 is 1.11 bits per heavy atom. The average Bonchev–Trinajstić information content (AvgIpc) is 2.63. The van der Waals surface area contributed by atoms with Gasteiger partial charge in [0.05, 0.1) is 25.0 Å². The monoisotopic (exact) mass is 403 g/mol. The van der Waals surface area contributed by atoms with Gasteiger partial charge in [-0.1, -0.05) is 0 Å². The molecule has 9 nitrogen and oxygen atoms in total. The fraction of sp³-hybridized carbons (Fsp3) is 0.882. The highest BCUT2D eigenvalue weighted by Gasteiger charge is 2.38. The normalized spacial score (nSPS) is 33.6. The molecule has 4 fully saturated rings. The van der Waals surface area contributed by atoms with Crippen LogP contribution in [0.3, 0.4) is 0 Å². The van der Waals surface area contributed by atoms with E-state index in [2.05, 4.69) is 4.72 Å². The molecule has 2 atom stereocenters. The molecule has 0 aromatic carbocycles. The van der Waals surface area contributed by atoms with Gasteiger partial charge in [0.25, 0.3) is 5.91 Å². The number of carbonyl (C=O) groups excluding carboxylic acids is 2. The van der Waals surface area contributed by atoms with Gasteiger partial charge in [0.2, 0.25) is 10.0 Å². The second kappa shape index (κ2) is 8.32. The molecule has 0 radical (unpaired) electrons. The molecule has 1 aliphatic carbocycles. The molecule has 3 heterocycles. The number of ether oxygens (including phenoxy) is 2. The summed E-state index contributed by atoms with van der Waals surface area (Å²) < 4.78 is 37.5. The van der Waals surface area contributed by atoms with Crippen molar-refractivity contribution in [2.45, 2.75) is 62.8 Å². The Morgan fingerprint density at radius 3 is 2.48 bits per heavy atom. The van der Waals surface area contributed by atoms with Gasteiger partial charge in [-0.25, -0.2) is 17.9 Å². The van der Waals surface area contributed by atoms with Gasteiger partial charge in [0, 0.05) is 25.7 Å². The topological polar surface area (TPSA) is 105 Å². The van der Waals surface area contributed by atoms with E-state index in [1.165, 1.54) is 0 Å². The minimum Gasteiger partial charge on any atom is -0.439 e. The molecule has 1 unspecified atom stereocenters. The largest absolute Gasteiger partial charge is 0.439 e. The lowest BCUT2D eigenvalue weighted by molar-refractivity contribution is -0.141. The SMILES string of the molecule is CN1C(=O)OCC(=O)N2CCC[C@H](NS(C)(=O)=O)C2COC2CCC1CC2. The van der Waals surface area contributed by atoms with Crippen molar-refractivity contribution in [2.24, 2.45) is 0 Å². The van der Waals surface area contributed by atoms with Gasteiger partial charge in [-0.15, -0.1) is 0 Å². The summed E-state index contributed by atoms with van der Waals surface area (Å²) in [4.78, 5) is 28.1. The molecule has 0 aromatic rings. The number of nitrogens with one attached hydrogen (secondary N) is 1. The van der Waals surface area contributed by atoms with E-state index in [9.17, 15) is 18.0 Å². The first-order valence-corrected chi connectivity index (χ1v) is 11.4. The Kier molecular flexibility index (Phi) is 6.27. The Bertz CT molecular complexity index is 662. The first-order chi connectivity index (χ1) is 12.7. The van der Waals surface area contributed by atoms with Crippen LogP contribution in [0.4, 0.5) is 4.79 Å². The van der Waals surface area contributed by atoms with E-state index < -0.39 is 28.2 Å². The minimum absolute atomic E-state index is 0.0594. The van der Waals surface area contributed by atoms with Crippen molar-refractivity contribution in [1.82, 2.24) is 14.5 Å². The third kappa shape index (κ3) is 5.11. The van der Waals surface area contributed by atoms with Crippen molar-refractivity contribution < 1.29 is 27.5 Å². The number of amides is 2. The van der Waals surface area contributed by atoms with Crippen LogP contribution < -0.4 is 4.72 Å². The maximum atomic E-state index is 12.7. The van der Waals surface area contributed by atoms with Gasteiger partial charge < -0.3 is 19.3 Å². The maximum absolute atomic E-state index is 12.7. The van der Waals surface area contributed by atoms with E-state index in [4.69, 9.17) is 9.47 Å². The number of piperidine rings is 1. The second-order valence-electron chi connectivity index (χ2n) is 7.72. The van der Waals surface area contributed by atoms with Gasteiger partial charge in [0.1, 0.15) is 0 Å². The third-order valence-corrected chi connectivity index (χ3v) is 6.50. The molecule has 1 saturated carbocycles. The molecule has 4 rings (SSSR count). The number of rotatable bonds is 2. The molecule has 10 heteroatoms. The summed E-state index contributed by atoms with van der Waals surface area (Å²) in [5, 5.41) is 0. The van der Waals surface area contributed by atoms with Crippen molar-refractivity contribution in [2.75, 3.05) is 33.1 Å². The summed E-state index contributed by atoms with van der Waals surface area (Å²) in [6, 6.07) is -0.719. The van der Waals surface area contributed by atoms with Crippen molar-refractivity contribution in [3.63, 3.8) is 0 Å². The van der Waals surface area contributed by atoms with E-state index >= 15 is 0 Å². The minimum atomic E-state index is -3.41. The quantitative estimate of drug-likeness (QED) is 0.711. The Labute approximate surface area is 160 Å². The maximum Gasteiger partial charge on any atom is 0.410 e. The van der Waals surface area contributed by atoms with Crippen LogP contribution in [0.15, 0.2) is 0 Å². The average molecular weight is 404 g/mol. The Balaban J connectivity index is 1.81. The molecule has 154 valence electrons. The molecule has 27 heavy (non-hydrogen) atoms. The number of nitrogens with zero attached hydrogens (tertiary/aromatic N) is 2. The zero-order valence-corrected chi connectivity index (χ0v) is 16.7. The van der Waals surface area contributed by atoms with Crippen LogP contribution in [0.1, 0.15) is 38.5 Å². The highest BCUT2D eigenvalue weighted by Crippen LogP contribution is 2.27. The molecular formula is C17H29N3O6S. The summed E-state index contributed by atoms with van der Waals surface area (Å²) in [7, 11) is -1.71. The van der Waals surface area contributed by atoms with Crippen molar-refractivity contribution in [3.05, 3.63) is 0 Å². The second-order valence-corrected chi connectivity index (χ2v) is 9.50. The molecule has 1 N–H and O–H groups in total. The van der Waals surface area contributed by atoms with Gasteiger partial charge in [-0.05, 0) is 38.5 Å². The fourth-order valence-corrected chi connectivity index (χ4v) is 5.10. The molecule has 4 aliphatic rings. The van der Waals surface area contributed by atoms with Crippen LogP contribution in [-0.4, -0.2) is 87.5 Å². The third-order valence-electron chi connectivity index (χ3n) is 5.77. The van der Waals surface area contributed by atoms with Gasteiger partial charge >= 0.3 is 6.09 Å². The highest BCUT2D eigenvalue weighted by molar-refractivity contribution is 7.88. The lowest BCUT2D eigenvalue weighted by atomic mass is 9.92. The van der Waals surface area contributed by atoms with E-state index in [0.29, 0.717) is 19.4 Å². The predicted octanol–water partition coefficient (Wildman–Crippen LogP) is 0.305. The van der Waals surface area contributed by atoms with Gasteiger partial charge in [-0.2, -0.15) is 0 Å². The Hall–Kier alpha value is -1.39. The van der Waals surface area contributed by atoms with E-state index in [1.807, 2.05) is 0 Å². The van der Waals surface area contributed by atoms with Gasteiger partial charge in [0.15, 0.2) is 6.61 Å². The highest BCUT2D eigenvalue weighted by atomic mass is 32.2. The number of hydrogen-bond donors (Lipinski definition) is 1. The van der Waals surface area contributed by atoms with E-state index in [-0.39, 0.29) is 31.3 Å². The molecule has 2 amide bonds. The lowest BCUT2D eigenvalue weighted by Gasteiger charge is -2.41. The standard InChI is InChI=1S/C17H29N3O6S/c1-19-12-5-7-13(8-6-12)25-10-15-14(18-27(2,23)24)4-3-9-20(15)16(21)11-26-17(19)22/h12-15,18H,3-11H2,1-2H3/t12?,13?,14-,15?/m0/s1. The molecule has 2 bridgehead atoms. The number of carbonyl (C=O) groups is 2. The summed E-state index contributed by atoms with van der Waals surface area (Å²) >= 11 is 0. The zero-order chi connectivity index (χ0) is 19.6. The van der Waals surface area contributed by atoms with Crippen LogP contribution >= 0.6 is 0 Å². The molecular weight excluding hydrogens is 374 g/mol. The van der Waals surface area contributed by atoms with Gasteiger partial charge in [-0.3, -0.25) is 4.79 Å². The van der Waals surface area contributed by atoms with Crippen LogP contribution in [0.25, 0.3) is 0 Å². The number of hydrogen-bond acceptors (Lipinski definition) is 6. The summed E-state index contributed by atoms with van der Waals surface area (Å²) in [5.41, 5.74) is 0. The first kappa shape index (κ1) is 20.3. The molecule has 3 aliphatic heterocycles. The predicted molar refractivity (Wildman–Crippen MR) is 97.6 cm³/mol. The van der Waals surface area contributed by atoms with Crippen molar-refractivity contribution in [1.29, 1.82) is 0 Å². The van der Waals surface area contributed by atoms with Crippen LogP contribution in [-0.2, 0) is 24.3 Å². The summed E-state index contributed by atoms with van der Waals surface area (Å²) in [6.45, 7) is 0.426. The van der Waals surface area contributed by atoms with Crippen LogP contribution in [0.2, 0.25) is 0 Å². The first-order valence-electron chi connectivity index (χ1n) is 9.52. The lowest BCUT2D eigenvalue weighted by Crippen LogP contribution is -2.59. The fourth-order valence-electron chi connectivity index (χ4n) is 4.28. The van der Waals surface area contributed by atoms with Crippen LogP contribution in [0, 0.1) is 0 Å². The zero-order valence-electron chi connectivity index (χ0n) is 15.9. The molecule has 0 spiro atoms. The summed E-state index contributed by atoms with van der Waals surface area (Å²) in [6.07, 6.45) is 5.30. The van der Waals surface area contributed by atoms with Crippen LogP contribution in [0.5, 0.6) is 0 Å². The molecule has 3 saturated heterocycles. The van der Waals surface area contributed by atoms with Crippen molar-refractivity contribution in [3.8, 4) is 0 Å². The van der Waals surface area contributed by atoms with Crippen molar-refractivity contribution >= 4 is 22.0 Å². The van der Waals surface area contributed by atoms with E-state index in [0.717, 1.165) is 31.9 Å².